The molecule has 0 aliphatic carbocycles. The fourth-order valence-electron chi connectivity index (χ4n) is 2.88. The van der Waals surface area contributed by atoms with Gasteiger partial charge in [0.15, 0.2) is 0 Å². The van der Waals surface area contributed by atoms with E-state index in [9.17, 15) is 15.2 Å². The number of hydrogen-bond donors (Lipinski definition) is 3. The highest BCUT2D eigenvalue weighted by molar-refractivity contribution is 7.99. The Labute approximate surface area is 175 Å². The van der Waals surface area contributed by atoms with Crippen molar-refractivity contribution in [1.82, 2.24) is 4.72 Å². The average Bonchev–Trinajstić information content (AvgIpc) is 3.08. The number of hydrogen-bond acceptors (Lipinski definition) is 5. The molecule has 5 nitrogen and oxygen atoms in total. The Bertz CT molecular complexity index is 890. The van der Waals surface area contributed by atoms with Crippen LogP contribution in [0.1, 0.15) is 75.6 Å². The molecule has 28 heavy (non-hydrogen) atoms. The minimum Gasteiger partial charge on any atom is -0.386 e. The third-order valence-corrected chi connectivity index (χ3v) is 6.23. The van der Waals surface area contributed by atoms with Gasteiger partial charge in [0.1, 0.15) is 0 Å². The van der Waals surface area contributed by atoms with Crippen molar-refractivity contribution in [2.24, 2.45) is 0 Å². The summed E-state index contributed by atoms with van der Waals surface area (Å²) < 4.78 is 3.68. The van der Waals surface area contributed by atoms with E-state index in [-0.39, 0.29) is 17.9 Å². The van der Waals surface area contributed by atoms with Gasteiger partial charge >= 0.3 is 6.03 Å². The molecule has 3 N–H and O–H groups in total. The first-order chi connectivity index (χ1) is 13.0. The number of carbonyl (C=O) groups is 1. The number of carbonyl (C=O) groups excluding carboxylic acids is 1. The summed E-state index contributed by atoms with van der Waals surface area (Å²) in [7, 11) is 0. The van der Waals surface area contributed by atoms with Crippen LogP contribution in [0.4, 0.5) is 10.5 Å². The van der Waals surface area contributed by atoms with Crippen LogP contribution in [-0.4, -0.2) is 11.1 Å². The standard InChI is InChI=1S/C21H27N3O2S2/c1-12(2)16-8-7-14(10-22)18(13(3)4)19(16)23-20(25)24-28-17-9-15(11-27-17)21(5,6)26/h7-9,11-13,26H,1-6H3,(H2,23,24,25). The van der Waals surface area contributed by atoms with Crippen LogP contribution in [-0.2, 0) is 5.60 Å². The molecule has 0 atom stereocenters. The summed E-state index contributed by atoms with van der Waals surface area (Å²) in [6.45, 7) is 11.6. The van der Waals surface area contributed by atoms with Crippen LogP contribution in [0.3, 0.4) is 0 Å². The minimum atomic E-state index is -0.909. The number of benzene rings is 1. The third-order valence-electron chi connectivity index (χ3n) is 4.36. The van der Waals surface area contributed by atoms with Crippen molar-refractivity contribution in [1.29, 1.82) is 5.26 Å². The van der Waals surface area contributed by atoms with E-state index in [1.807, 2.05) is 37.4 Å². The van der Waals surface area contributed by atoms with Crippen LogP contribution in [0.15, 0.2) is 27.8 Å². The summed E-state index contributed by atoms with van der Waals surface area (Å²) in [5, 5.41) is 24.4. The molecule has 0 radical (unpaired) electrons. The van der Waals surface area contributed by atoms with Crippen LogP contribution in [0.25, 0.3) is 0 Å². The number of nitriles is 1. The zero-order valence-electron chi connectivity index (χ0n) is 17.1. The SMILES string of the molecule is CC(C)c1ccc(C#N)c(C(C)C)c1NC(=O)NSc1cc(C(C)(C)O)cs1. The minimum absolute atomic E-state index is 0.0999. The van der Waals surface area contributed by atoms with Gasteiger partial charge in [0.2, 0.25) is 0 Å². The molecule has 1 heterocycles. The number of rotatable bonds is 6. The van der Waals surface area contributed by atoms with Gasteiger partial charge in [-0.2, -0.15) is 5.26 Å². The highest BCUT2D eigenvalue weighted by atomic mass is 32.2. The molecule has 150 valence electrons. The molecule has 1 aromatic heterocycles. The van der Waals surface area contributed by atoms with Crippen molar-refractivity contribution < 1.29 is 9.90 Å². The smallest absolute Gasteiger partial charge is 0.329 e. The van der Waals surface area contributed by atoms with Crippen LogP contribution >= 0.6 is 23.3 Å². The first-order valence-electron chi connectivity index (χ1n) is 9.16. The molecule has 1 aromatic carbocycles. The number of urea groups is 1. The largest absolute Gasteiger partial charge is 0.386 e. The molecular weight excluding hydrogens is 390 g/mol. The number of anilines is 1. The molecule has 0 unspecified atom stereocenters. The molecule has 0 spiro atoms. The predicted octanol–water partition coefficient (Wildman–Crippen LogP) is 5.92. The first-order valence-corrected chi connectivity index (χ1v) is 10.9. The molecule has 7 heteroatoms. The van der Waals surface area contributed by atoms with Gasteiger partial charge in [0, 0.05) is 0 Å². The monoisotopic (exact) mass is 417 g/mol. The Kier molecular flexibility index (Phi) is 7.16. The highest BCUT2D eigenvalue weighted by Gasteiger charge is 2.21. The maximum atomic E-state index is 12.6. The maximum absolute atomic E-state index is 12.6. The Balaban J connectivity index is 2.21. The van der Waals surface area contributed by atoms with Crippen molar-refractivity contribution in [3.63, 3.8) is 0 Å². The topological polar surface area (TPSA) is 85.2 Å². The molecule has 2 aromatic rings. The lowest BCUT2D eigenvalue weighted by Gasteiger charge is -2.21. The molecule has 0 bridgehead atoms. The van der Waals surface area contributed by atoms with E-state index >= 15 is 0 Å². The summed E-state index contributed by atoms with van der Waals surface area (Å²) in [4.78, 5) is 12.6. The molecule has 0 aliphatic heterocycles. The van der Waals surface area contributed by atoms with Gasteiger partial charge in [-0.1, -0.05) is 33.8 Å². The Morgan fingerprint density at radius 1 is 1.25 bits per heavy atom. The zero-order chi connectivity index (χ0) is 21.1. The predicted molar refractivity (Wildman–Crippen MR) is 117 cm³/mol. The molecular formula is C21H27N3O2S2. The highest BCUT2D eigenvalue weighted by Crippen LogP contribution is 2.35. The van der Waals surface area contributed by atoms with Crippen molar-refractivity contribution >= 4 is 35.0 Å². The molecule has 0 aliphatic rings. The van der Waals surface area contributed by atoms with Gasteiger partial charge < -0.3 is 10.4 Å². The number of amides is 2. The zero-order valence-corrected chi connectivity index (χ0v) is 18.7. The van der Waals surface area contributed by atoms with Gasteiger partial charge in [-0.3, -0.25) is 4.72 Å². The van der Waals surface area contributed by atoms with Crippen LogP contribution in [0, 0.1) is 11.3 Å². The van der Waals surface area contributed by atoms with E-state index in [0.717, 1.165) is 20.9 Å². The van der Waals surface area contributed by atoms with Crippen molar-refractivity contribution in [2.45, 2.75) is 63.2 Å². The van der Waals surface area contributed by atoms with E-state index in [1.54, 1.807) is 13.8 Å². The first kappa shape index (κ1) is 22.3. The van der Waals surface area contributed by atoms with E-state index in [0.29, 0.717) is 11.3 Å². The quantitative estimate of drug-likeness (QED) is 0.509. The number of aliphatic hydroxyl groups is 1. The molecule has 0 saturated carbocycles. The number of nitrogens with zero attached hydrogens (tertiary/aromatic N) is 1. The normalized spacial score (nSPS) is 11.6. The van der Waals surface area contributed by atoms with Crippen molar-refractivity contribution in [3.05, 3.63) is 45.8 Å². The summed E-state index contributed by atoms with van der Waals surface area (Å²) >= 11 is 2.67. The fraction of sp³-hybridized carbons (Fsp3) is 0.429. The van der Waals surface area contributed by atoms with Gasteiger partial charge in [0.05, 0.1) is 27.1 Å². The third kappa shape index (κ3) is 5.28. The second kappa shape index (κ2) is 8.99. The van der Waals surface area contributed by atoms with E-state index in [1.165, 1.54) is 23.3 Å². The summed E-state index contributed by atoms with van der Waals surface area (Å²) in [6, 6.07) is 7.49. The maximum Gasteiger partial charge on any atom is 0.329 e. The van der Waals surface area contributed by atoms with Crippen molar-refractivity contribution in [2.75, 3.05) is 5.32 Å². The second-order valence-electron chi connectivity index (χ2n) is 7.78. The molecule has 2 amide bonds. The summed E-state index contributed by atoms with van der Waals surface area (Å²) in [5.41, 5.74) is 3.06. The number of thiophene rings is 1. The van der Waals surface area contributed by atoms with Crippen molar-refractivity contribution in [3.8, 4) is 6.07 Å². The van der Waals surface area contributed by atoms with E-state index in [4.69, 9.17) is 0 Å². The Morgan fingerprint density at radius 2 is 1.93 bits per heavy atom. The van der Waals surface area contributed by atoms with Gasteiger partial charge in [-0.15, -0.1) is 11.3 Å². The Hall–Kier alpha value is -2.01. The van der Waals surface area contributed by atoms with Gasteiger partial charge in [-0.25, -0.2) is 4.79 Å². The van der Waals surface area contributed by atoms with Crippen LogP contribution in [0.2, 0.25) is 0 Å². The lowest BCUT2D eigenvalue weighted by Crippen LogP contribution is -2.24. The van der Waals surface area contributed by atoms with E-state index < -0.39 is 5.60 Å². The average molecular weight is 418 g/mol. The molecule has 2 rings (SSSR count). The Morgan fingerprint density at radius 3 is 2.43 bits per heavy atom. The van der Waals surface area contributed by atoms with Gasteiger partial charge in [-0.05, 0) is 71.8 Å². The fourth-order valence-corrected chi connectivity index (χ4v) is 4.57. The second-order valence-corrected chi connectivity index (χ2v) is 9.80. The van der Waals surface area contributed by atoms with Crippen LogP contribution < -0.4 is 10.0 Å². The molecule has 0 fully saturated rings. The summed E-state index contributed by atoms with van der Waals surface area (Å²) in [6.07, 6.45) is 0. The number of nitrogens with one attached hydrogen (secondary N) is 2. The van der Waals surface area contributed by atoms with Gasteiger partial charge in [0.25, 0.3) is 0 Å². The van der Waals surface area contributed by atoms with E-state index in [2.05, 4.69) is 30.0 Å². The molecule has 0 saturated heterocycles. The lowest BCUT2D eigenvalue weighted by molar-refractivity contribution is 0.0789. The van der Waals surface area contributed by atoms with Crippen LogP contribution in [0.5, 0.6) is 0 Å². The lowest BCUT2D eigenvalue weighted by atomic mass is 9.89. The summed E-state index contributed by atoms with van der Waals surface area (Å²) in [5.74, 6) is 0.308.